The quantitative estimate of drug-likeness (QED) is 0.0926. The number of rotatable bonds is 9. The summed E-state index contributed by atoms with van der Waals surface area (Å²) < 4.78 is 0. The van der Waals surface area contributed by atoms with Gasteiger partial charge in [-0.05, 0) is 0 Å². The summed E-state index contributed by atoms with van der Waals surface area (Å²) >= 11 is 0. The van der Waals surface area contributed by atoms with Crippen LogP contribution in [0.15, 0.2) is 0 Å². The predicted octanol–water partition coefficient (Wildman–Crippen LogP) is -14.1. The van der Waals surface area contributed by atoms with E-state index in [0.29, 0.717) is 0 Å². The molecule has 0 aromatic rings. The third-order valence-electron chi connectivity index (χ3n) is 2.15. The molecule has 0 heterocycles. The van der Waals surface area contributed by atoms with Crippen molar-refractivity contribution in [3.8, 4) is 0 Å². The second-order valence-electron chi connectivity index (χ2n) is 4.96. The Bertz CT molecular complexity index is 579. The minimum atomic E-state index is -3.33. The number of carbonyl (C=O) groups excluding carboxylic acids is 6. The zero-order valence-corrected chi connectivity index (χ0v) is 22.1. The average molecular weight is 862 g/mol. The fourth-order valence-corrected chi connectivity index (χ4v) is 0.820. The Morgan fingerprint density at radius 3 is 0.594 bits per heavy atom. The normalized spacial score (nSPS) is 10.3. The van der Waals surface area contributed by atoms with Crippen molar-refractivity contribution in [2.24, 2.45) is 0 Å². The molecule has 0 saturated carbocycles. The molecule has 20 heteroatoms. The molecule has 0 aromatic heterocycles. The van der Waals surface area contributed by atoms with Gasteiger partial charge >= 0.3 is 52.4 Å². The molecule has 0 spiro atoms. The average Bonchev–Trinajstić information content (AvgIpc) is 2.43. The van der Waals surface area contributed by atoms with Crippen LogP contribution in [0, 0.1) is 0 Å². The maximum absolute atomic E-state index is 9.65. The molecule has 32 heavy (non-hydrogen) atoms. The maximum atomic E-state index is 9.65. The molecular weight excluding hydrogens is 850 g/mol. The van der Waals surface area contributed by atoms with E-state index in [1.807, 2.05) is 0 Å². The SMILES string of the molecule is O=C([O-])CC(O)(O)C(=O)[O-].O=C([O-])CC(O)(O)C(=O)[O-].O=C([O-])CC(O)(O)C(=O)[O-].[Bi+3].[Bi+3]. The first kappa shape index (κ1) is 40.7. The van der Waals surface area contributed by atoms with Gasteiger partial charge in [0.25, 0.3) is 0 Å². The number of carbonyl (C=O) groups is 6. The van der Waals surface area contributed by atoms with Crippen LogP contribution in [0.2, 0.25) is 0 Å². The molecule has 0 saturated heterocycles. The van der Waals surface area contributed by atoms with Crippen molar-refractivity contribution < 1.29 is 90.0 Å². The summed E-state index contributed by atoms with van der Waals surface area (Å²) in [6.45, 7) is 0. The van der Waals surface area contributed by atoms with Gasteiger partial charge < -0.3 is 90.0 Å². The summed E-state index contributed by atoms with van der Waals surface area (Å²) in [5.74, 6) is -22.4. The maximum Gasteiger partial charge on any atom is 3.00 e. The molecule has 6 N–H and O–H groups in total. The summed E-state index contributed by atoms with van der Waals surface area (Å²) in [4.78, 5) is 57.8. The van der Waals surface area contributed by atoms with Crippen LogP contribution in [0.4, 0.5) is 0 Å². The smallest absolute Gasteiger partial charge is 0.550 e. The van der Waals surface area contributed by atoms with E-state index in [1.54, 1.807) is 0 Å². The zero-order valence-electron chi connectivity index (χ0n) is 15.1. The van der Waals surface area contributed by atoms with Crippen molar-refractivity contribution in [3.05, 3.63) is 0 Å². The Kier molecular flexibility index (Phi) is 21.5. The van der Waals surface area contributed by atoms with Gasteiger partial charge in [-0.2, -0.15) is 0 Å². The van der Waals surface area contributed by atoms with Crippen molar-refractivity contribution in [1.82, 2.24) is 0 Å². The summed E-state index contributed by atoms with van der Waals surface area (Å²) in [7, 11) is 0. The molecule has 0 atom stereocenters. The Morgan fingerprint density at radius 1 is 0.438 bits per heavy atom. The topological polar surface area (TPSA) is 362 Å². The number of carboxylic acids is 6. The van der Waals surface area contributed by atoms with Gasteiger partial charge in [0.15, 0.2) is 0 Å². The second kappa shape index (κ2) is 16.9. The molecule has 0 aromatic carbocycles. The van der Waals surface area contributed by atoms with E-state index in [2.05, 4.69) is 0 Å². The van der Waals surface area contributed by atoms with Crippen molar-refractivity contribution in [2.45, 2.75) is 36.6 Å². The molecule has 0 aliphatic rings. The van der Waals surface area contributed by atoms with Crippen LogP contribution in [0.1, 0.15) is 19.3 Å². The molecule has 0 aliphatic carbocycles. The molecule has 4 radical (unpaired) electrons. The van der Waals surface area contributed by atoms with E-state index in [4.69, 9.17) is 30.6 Å². The minimum Gasteiger partial charge on any atom is -0.550 e. The van der Waals surface area contributed by atoms with Gasteiger partial charge in [0, 0.05) is 37.2 Å². The van der Waals surface area contributed by atoms with Crippen LogP contribution in [-0.2, 0) is 28.8 Å². The fourth-order valence-electron chi connectivity index (χ4n) is 0.820. The van der Waals surface area contributed by atoms with Gasteiger partial charge in [0.05, 0.1) is 0 Å². The summed E-state index contributed by atoms with van der Waals surface area (Å²) in [5.41, 5.74) is 0. The van der Waals surface area contributed by atoms with Gasteiger partial charge in [-0.1, -0.05) is 0 Å². The van der Waals surface area contributed by atoms with Gasteiger partial charge in [0.2, 0.25) is 17.4 Å². The van der Waals surface area contributed by atoms with Crippen molar-refractivity contribution in [1.29, 1.82) is 0 Å². The number of hydrogen-bond donors (Lipinski definition) is 6. The molecular formula is C12H12Bi2O18. The van der Waals surface area contributed by atoms with Crippen molar-refractivity contribution >= 4 is 88.2 Å². The monoisotopic (exact) mass is 862 g/mol. The van der Waals surface area contributed by atoms with E-state index in [1.165, 1.54) is 0 Å². The van der Waals surface area contributed by atoms with Crippen LogP contribution < -0.4 is 30.6 Å². The number of hydrogen-bond acceptors (Lipinski definition) is 18. The van der Waals surface area contributed by atoms with Crippen LogP contribution in [0.3, 0.4) is 0 Å². The Morgan fingerprint density at radius 2 is 0.562 bits per heavy atom. The summed E-state index contributed by atoms with van der Waals surface area (Å²) in [6, 6.07) is 0. The molecule has 0 unspecified atom stereocenters. The molecule has 0 bridgehead atoms. The first-order chi connectivity index (χ1) is 13.1. The Labute approximate surface area is 214 Å². The molecule has 0 amide bonds. The van der Waals surface area contributed by atoms with E-state index < -0.39 is 72.4 Å². The number of carboxylic acid groups (broad SMARTS) is 6. The van der Waals surface area contributed by atoms with E-state index in [-0.39, 0.29) is 52.4 Å². The molecule has 18 nitrogen and oxygen atoms in total. The minimum absolute atomic E-state index is 0. The first-order valence-electron chi connectivity index (χ1n) is 6.66. The Hall–Kier alpha value is -1.65. The summed E-state index contributed by atoms with van der Waals surface area (Å²) in [5, 5.41) is 107. The molecule has 0 rings (SSSR count). The molecule has 178 valence electrons. The Balaban J connectivity index is -0.000000110. The number of aliphatic hydroxyl groups is 6. The molecule has 0 aliphatic heterocycles. The molecule has 0 fully saturated rings. The van der Waals surface area contributed by atoms with E-state index >= 15 is 0 Å². The van der Waals surface area contributed by atoms with Crippen LogP contribution in [-0.4, -0.2) is 136 Å². The van der Waals surface area contributed by atoms with E-state index in [9.17, 15) is 59.4 Å². The largest absolute Gasteiger partial charge is 3.00 e. The van der Waals surface area contributed by atoms with Crippen molar-refractivity contribution in [3.63, 3.8) is 0 Å². The van der Waals surface area contributed by atoms with Crippen LogP contribution in [0.5, 0.6) is 0 Å². The van der Waals surface area contributed by atoms with Gasteiger partial charge in [-0.15, -0.1) is 0 Å². The van der Waals surface area contributed by atoms with Crippen molar-refractivity contribution in [2.75, 3.05) is 0 Å². The third kappa shape index (κ3) is 21.6. The van der Waals surface area contributed by atoms with Gasteiger partial charge in [-0.3, -0.25) is 0 Å². The predicted molar refractivity (Wildman–Crippen MR) is 76.9 cm³/mol. The fraction of sp³-hybridized carbons (Fsp3) is 0.500. The van der Waals surface area contributed by atoms with Crippen LogP contribution in [0.25, 0.3) is 0 Å². The standard InChI is InChI=1S/3C4H6O6.2Bi/c3*5-2(6)1-4(9,10)3(7)8;;/h3*9-10H,1H2,(H,5,6)(H,7,8);;/q;;;2*+3/p-6. The second-order valence-corrected chi connectivity index (χ2v) is 4.96. The van der Waals surface area contributed by atoms with Gasteiger partial charge in [0.1, 0.15) is 17.9 Å². The van der Waals surface area contributed by atoms with E-state index in [0.717, 1.165) is 0 Å². The summed E-state index contributed by atoms with van der Waals surface area (Å²) in [6.07, 6.45) is -4.22. The third-order valence-corrected chi connectivity index (χ3v) is 2.15. The zero-order chi connectivity index (χ0) is 25.1. The first-order valence-corrected chi connectivity index (χ1v) is 6.66. The number of aliphatic carboxylic acids is 6. The van der Waals surface area contributed by atoms with Crippen LogP contribution >= 0.6 is 0 Å². The van der Waals surface area contributed by atoms with Gasteiger partial charge in [-0.25, -0.2) is 0 Å².